The van der Waals surface area contributed by atoms with Crippen LogP contribution in [0.3, 0.4) is 0 Å². The summed E-state index contributed by atoms with van der Waals surface area (Å²) in [6.45, 7) is 5.38. The van der Waals surface area contributed by atoms with Crippen molar-refractivity contribution >= 4 is 5.95 Å². The molecule has 0 saturated heterocycles. The summed E-state index contributed by atoms with van der Waals surface area (Å²) in [5.41, 5.74) is 1.11. The van der Waals surface area contributed by atoms with E-state index in [0.29, 0.717) is 0 Å². The standard InChI is InChI=1S/C13H21N3/c1-10-3-5-12(6-4-10)9-16-13-14-7-11(2)8-15-13/h7-8,10,12H,3-6,9H2,1-2H3,(H,14,15,16). The normalized spacial score (nSPS) is 25.4. The number of hydrogen-bond donors (Lipinski definition) is 1. The molecule has 1 aromatic rings. The zero-order valence-electron chi connectivity index (χ0n) is 10.2. The summed E-state index contributed by atoms with van der Waals surface area (Å²) in [6, 6.07) is 0. The first kappa shape index (κ1) is 11.4. The molecular weight excluding hydrogens is 198 g/mol. The van der Waals surface area contributed by atoms with Crippen molar-refractivity contribution in [3.8, 4) is 0 Å². The van der Waals surface area contributed by atoms with Crippen LogP contribution in [0.25, 0.3) is 0 Å². The first-order valence-electron chi connectivity index (χ1n) is 6.26. The first-order chi connectivity index (χ1) is 7.74. The van der Waals surface area contributed by atoms with Gasteiger partial charge >= 0.3 is 0 Å². The molecule has 0 aliphatic heterocycles. The van der Waals surface area contributed by atoms with Gasteiger partial charge in [0, 0.05) is 18.9 Å². The second-order valence-corrected chi connectivity index (χ2v) is 5.09. The lowest BCUT2D eigenvalue weighted by Gasteiger charge is -2.26. The van der Waals surface area contributed by atoms with Crippen LogP contribution in [0.2, 0.25) is 0 Å². The fourth-order valence-corrected chi connectivity index (χ4v) is 2.25. The maximum atomic E-state index is 4.26. The fourth-order valence-electron chi connectivity index (χ4n) is 2.25. The summed E-state index contributed by atoms with van der Waals surface area (Å²) in [5, 5.41) is 3.33. The predicted octanol–water partition coefficient (Wildman–Crippen LogP) is 3.02. The molecule has 0 bridgehead atoms. The van der Waals surface area contributed by atoms with Crippen molar-refractivity contribution in [1.29, 1.82) is 0 Å². The van der Waals surface area contributed by atoms with Crippen molar-refractivity contribution in [3.05, 3.63) is 18.0 Å². The highest BCUT2D eigenvalue weighted by Gasteiger charge is 2.17. The third-order valence-corrected chi connectivity index (χ3v) is 3.47. The summed E-state index contributed by atoms with van der Waals surface area (Å²) >= 11 is 0. The topological polar surface area (TPSA) is 37.8 Å². The molecular formula is C13H21N3. The molecule has 88 valence electrons. The van der Waals surface area contributed by atoms with Gasteiger partial charge in [-0.25, -0.2) is 9.97 Å². The van der Waals surface area contributed by atoms with Gasteiger partial charge in [0.15, 0.2) is 0 Å². The highest BCUT2D eigenvalue weighted by molar-refractivity contribution is 5.24. The molecule has 1 saturated carbocycles. The quantitative estimate of drug-likeness (QED) is 0.849. The molecule has 1 heterocycles. The lowest BCUT2D eigenvalue weighted by molar-refractivity contribution is 0.300. The summed E-state index contributed by atoms with van der Waals surface area (Å²) in [7, 11) is 0. The van der Waals surface area contributed by atoms with Crippen LogP contribution < -0.4 is 5.32 Å². The van der Waals surface area contributed by atoms with Crippen LogP contribution in [0.5, 0.6) is 0 Å². The average molecular weight is 219 g/mol. The van der Waals surface area contributed by atoms with E-state index >= 15 is 0 Å². The van der Waals surface area contributed by atoms with Gasteiger partial charge in [0.05, 0.1) is 0 Å². The minimum Gasteiger partial charge on any atom is -0.354 e. The third kappa shape index (κ3) is 3.19. The van der Waals surface area contributed by atoms with Crippen molar-refractivity contribution < 1.29 is 0 Å². The van der Waals surface area contributed by atoms with Gasteiger partial charge in [-0.2, -0.15) is 0 Å². The van der Waals surface area contributed by atoms with Crippen LogP contribution in [0, 0.1) is 18.8 Å². The van der Waals surface area contributed by atoms with Gasteiger partial charge in [-0.15, -0.1) is 0 Å². The van der Waals surface area contributed by atoms with E-state index in [2.05, 4.69) is 22.2 Å². The summed E-state index contributed by atoms with van der Waals surface area (Å²) < 4.78 is 0. The van der Waals surface area contributed by atoms with Crippen LogP contribution in [-0.4, -0.2) is 16.5 Å². The van der Waals surface area contributed by atoms with E-state index in [-0.39, 0.29) is 0 Å². The van der Waals surface area contributed by atoms with Crippen LogP contribution in [-0.2, 0) is 0 Å². The smallest absolute Gasteiger partial charge is 0.222 e. The molecule has 3 nitrogen and oxygen atoms in total. The number of rotatable bonds is 3. The van der Waals surface area contributed by atoms with E-state index in [1.165, 1.54) is 25.7 Å². The fraction of sp³-hybridized carbons (Fsp3) is 0.692. The lowest BCUT2D eigenvalue weighted by Crippen LogP contribution is -2.20. The number of aryl methyl sites for hydroxylation is 1. The van der Waals surface area contributed by atoms with E-state index in [1.807, 2.05) is 19.3 Å². The van der Waals surface area contributed by atoms with Crippen molar-refractivity contribution in [1.82, 2.24) is 9.97 Å². The molecule has 16 heavy (non-hydrogen) atoms. The lowest BCUT2D eigenvalue weighted by atomic mass is 9.83. The van der Waals surface area contributed by atoms with Gasteiger partial charge in [0.25, 0.3) is 0 Å². The van der Waals surface area contributed by atoms with E-state index in [0.717, 1.165) is 29.9 Å². The second-order valence-electron chi connectivity index (χ2n) is 5.09. The minimum absolute atomic E-state index is 0.768. The molecule has 1 aliphatic carbocycles. The van der Waals surface area contributed by atoms with Crippen LogP contribution in [0.4, 0.5) is 5.95 Å². The van der Waals surface area contributed by atoms with Gasteiger partial charge in [-0.3, -0.25) is 0 Å². The molecule has 0 unspecified atom stereocenters. The van der Waals surface area contributed by atoms with Gasteiger partial charge < -0.3 is 5.32 Å². The molecule has 0 amide bonds. The number of hydrogen-bond acceptors (Lipinski definition) is 3. The van der Waals surface area contributed by atoms with Crippen molar-refractivity contribution in [2.45, 2.75) is 39.5 Å². The molecule has 1 N–H and O–H groups in total. The monoisotopic (exact) mass is 219 g/mol. The Kier molecular flexibility index (Phi) is 3.75. The Morgan fingerprint density at radius 2 is 1.81 bits per heavy atom. The summed E-state index contributed by atoms with van der Waals surface area (Å²) in [5.74, 6) is 2.50. The molecule has 0 radical (unpaired) electrons. The third-order valence-electron chi connectivity index (χ3n) is 3.47. The molecule has 3 heteroatoms. The van der Waals surface area contributed by atoms with E-state index in [4.69, 9.17) is 0 Å². The SMILES string of the molecule is Cc1cnc(NCC2CCC(C)CC2)nc1. The van der Waals surface area contributed by atoms with E-state index in [1.54, 1.807) is 0 Å². The molecule has 2 rings (SSSR count). The molecule has 1 fully saturated rings. The Morgan fingerprint density at radius 1 is 1.19 bits per heavy atom. The van der Waals surface area contributed by atoms with Gasteiger partial charge in [-0.1, -0.05) is 19.8 Å². The Hall–Kier alpha value is -1.12. The first-order valence-corrected chi connectivity index (χ1v) is 6.26. The molecule has 1 aromatic heterocycles. The summed E-state index contributed by atoms with van der Waals surface area (Å²) in [4.78, 5) is 8.51. The highest BCUT2D eigenvalue weighted by Crippen LogP contribution is 2.28. The Bertz CT molecular complexity index is 312. The maximum absolute atomic E-state index is 4.26. The van der Waals surface area contributed by atoms with Gasteiger partial charge in [0.2, 0.25) is 5.95 Å². The zero-order valence-corrected chi connectivity index (χ0v) is 10.2. The zero-order chi connectivity index (χ0) is 11.4. The van der Waals surface area contributed by atoms with Crippen LogP contribution in [0.15, 0.2) is 12.4 Å². The molecule has 1 aliphatic rings. The predicted molar refractivity (Wildman–Crippen MR) is 66.4 cm³/mol. The second kappa shape index (κ2) is 5.28. The number of aromatic nitrogens is 2. The Morgan fingerprint density at radius 3 is 2.44 bits per heavy atom. The van der Waals surface area contributed by atoms with Crippen LogP contribution >= 0.6 is 0 Å². The van der Waals surface area contributed by atoms with Crippen molar-refractivity contribution in [2.24, 2.45) is 11.8 Å². The highest BCUT2D eigenvalue weighted by atomic mass is 15.1. The molecule has 0 aromatic carbocycles. The number of nitrogens with one attached hydrogen (secondary N) is 1. The van der Waals surface area contributed by atoms with E-state index < -0.39 is 0 Å². The van der Waals surface area contributed by atoms with Crippen molar-refractivity contribution in [3.63, 3.8) is 0 Å². The molecule has 0 spiro atoms. The largest absolute Gasteiger partial charge is 0.354 e. The molecule has 0 atom stereocenters. The number of anilines is 1. The average Bonchev–Trinajstić information content (AvgIpc) is 2.30. The van der Waals surface area contributed by atoms with Crippen molar-refractivity contribution in [2.75, 3.05) is 11.9 Å². The maximum Gasteiger partial charge on any atom is 0.222 e. The van der Waals surface area contributed by atoms with Gasteiger partial charge in [-0.05, 0) is 37.2 Å². The number of nitrogens with zero attached hydrogens (tertiary/aromatic N) is 2. The van der Waals surface area contributed by atoms with E-state index in [9.17, 15) is 0 Å². The Balaban J connectivity index is 1.77. The van der Waals surface area contributed by atoms with Gasteiger partial charge in [0.1, 0.15) is 0 Å². The Labute approximate surface area is 97.7 Å². The minimum atomic E-state index is 0.768. The van der Waals surface area contributed by atoms with Crippen LogP contribution in [0.1, 0.15) is 38.2 Å². The summed E-state index contributed by atoms with van der Waals surface area (Å²) in [6.07, 6.45) is 9.17.